The molecule has 0 saturated heterocycles. The third-order valence-electron chi connectivity index (χ3n) is 3.30. The van der Waals surface area contributed by atoms with Gasteiger partial charge in [-0.1, -0.05) is 12.1 Å². The average molecular weight is 314 g/mol. The molecule has 0 unspecified atom stereocenters. The molecule has 1 amide bonds. The van der Waals surface area contributed by atoms with Crippen molar-refractivity contribution in [3.8, 4) is 0 Å². The van der Waals surface area contributed by atoms with Gasteiger partial charge in [0.05, 0.1) is 17.5 Å². The molecule has 1 N–H and O–H groups in total. The van der Waals surface area contributed by atoms with E-state index in [0.717, 1.165) is 26.7 Å². The number of aryl methyl sites for hydroxylation is 1. The summed E-state index contributed by atoms with van der Waals surface area (Å²) < 4.78 is 4.50. The number of rotatable bonds is 3. The maximum Gasteiger partial charge on any atom is 0.325 e. The number of carbonyl (C=O) groups is 2. The molecule has 5 nitrogen and oxygen atoms in total. The summed E-state index contributed by atoms with van der Waals surface area (Å²) in [4.78, 5) is 29.0. The van der Waals surface area contributed by atoms with E-state index < -0.39 is 5.97 Å². The van der Waals surface area contributed by atoms with Crippen LogP contribution in [0.4, 0.5) is 0 Å². The van der Waals surface area contributed by atoms with Gasteiger partial charge >= 0.3 is 5.97 Å². The fourth-order valence-electron chi connectivity index (χ4n) is 2.16. The van der Waals surface area contributed by atoms with Crippen molar-refractivity contribution in [2.45, 2.75) is 6.92 Å². The third kappa shape index (κ3) is 2.78. The lowest BCUT2D eigenvalue weighted by Gasteiger charge is -2.00. The molecule has 22 heavy (non-hydrogen) atoms. The quantitative estimate of drug-likeness (QED) is 0.755. The summed E-state index contributed by atoms with van der Waals surface area (Å²) in [5.74, 6) is -0.776. The number of benzene rings is 1. The van der Waals surface area contributed by atoms with Gasteiger partial charge in [-0.25, -0.2) is 4.98 Å². The van der Waals surface area contributed by atoms with Gasteiger partial charge in [0.15, 0.2) is 0 Å². The molecule has 0 atom stereocenters. The van der Waals surface area contributed by atoms with Crippen LogP contribution in [0.25, 0.3) is 21.1 Å². The lowest BCUT2D eigenvalue weighted by molar-refractivity contribution is -0.139. The van der Waals surface area contributed by atoms with Crippen molar-refractivity contribution in [1.82, 2.24) is 10.3 Å². The fourth-order valence-corrected chi connectivity index (χ4v) is 3.10. The van der Waals surface area contributed by atoms with Gasteiger partial charge in [0.25, 0.3) is 5.91 Å². The Morgan fingerprint density at radius 2 is 2.05 bits per heavy atom. The number of methoxy groups -OCH3 is 1. The number of thiophene rings is 1. The van der Waals surface area contributed by atoms with Crippen LogP contribution in [-0.2, 0) is 9.53 Å². The van der Waals surface area contributed by atoms with E-state index in [1.54, 1.807) is 6.07 Å². The Bertz CT molecular complexity index is 886. The van der Waals surface area contributed by atoms with Crippen molar-refractivity contribution < 1.29 is 14.3 Å². The molecule has 2 aromatic heterocycles. The number of hydrogen-bond acceptors (Lipinski definition) is 5. The van der Waals surface area contributed by atoms with Gasteiger partial charge in [-0.2, -0.15) is 0 Å². The molecule has 3 aromatic rings. The van der Waals surface area contributed by atoms with Crippen molar-refractivity contribution in [1.29, 1.82) is 0 Å². The molecular formula is C16H14N2O3S. The zero-order valence-corrected chi connectivity index (χ0v) is 13.0. The van der Waals surface area contributed by atoms with E-state index >= 15 is 0 Å². The van der Waals surface area contributed by atoms with E-state index in [4.69, 9.17) is 0 Å². The molecule has 6 heteroatoms. The van der Waals surface area contributed by atoms with Crippen molar-refractivity contribution in [2.75, 3.05) is 13.7 Å². The zero-order valence-electron chi connectivity index (χ0n) is 12.2. The molecular weight excluding hydrogens is 300 g/mol. The normalized spacial score (nSPS) is 10.8. The van der Waals surface area contributed by atoms with Crippen LogP contribution in [0, 0.1) is 6.92 Å². The van der Waals surface area contributed by atoms with Gasteiger partial charge in [0.2, 0.25) is 0 Å². The van der Waals surface area contributed by atoms with Gasteiger partial charge in [-0.05, 0) is 30.7 Å². The van der Waals surface area contributed by atoms with Gasteiger partial charge in [-0.3, -0.25) is 9.59 Å². The standard InChI is InChI=1S/C16H14N2O3S/c1-9-3-4-10-6-11-7-13(15(20)17-8-14(19)21-2)22-16(11)18-12(10)5-9/h3-7H,8H2,1-2H3,(H,17,20). The summed E-state index contributed by atoms with van der Waals surface area (Å²) in [5.41, 5.74) is 2.06. The van der Waals surface area contributed by atoms with E-state index in [0.29, 0.717) is 4.88 Å². The Balaban J connectivity index is 1.93. The lowest BCUT2D eigenvalue weighted by Crippen LogP contribution is -2.29. The van der Waals surface area contributed by atoms with E-state index in [1.165, 1.54) is 18.4 Å². The molecule has 0 aliphatic rings. The number of nitrogens with one attached hydrogen (secondary N) is 1. The van der Waals surface area contributed by atoms with Gasteiger partial charge < -0.3 is 10.1 Å². The first-order valence-electron chi connectivity index (χ1n) is 6.73. The summed E-state index contributed by atoms with van der Waals surface area (Å²) in [6, 6.07) is 9.88. The first-order chi connectivity index (χ1) is 10.6. The number of esters is 1. The van der Waals surface area contributed by atoms with Gasteiger partial charge in [0.1, 0.15) is 11.4 Å². The monoisotopic (exact) mass is 314 g/mol. The zero-order chi connectivity index (χ0) is 15.7. The average Bonchev–Trinajstić information content (AvgIpc) is 2.92. The minimum atomic E-state index is -0.478. The van der Waals surface area contributed by atoms with Crippen LogP contribution in [0.1, 0.15) is 15.2 Å². The molecule has 0 aliphatic carbocycles. The van der Waals surface area contributed by atoms with Crippen molar-refractivity contribution in [3.63, 3.8) is 0 Å². The molecule has 0 radical (unpaired) electrons. The van der Waals surface area contributed by atoms with Crippen LogP contribution in [0.3, 0.4) is 0 Å². The number of aromatic nitrogens is 1. The molecule has 0 bridgehead atoms. The molecule has 1 aromatic carbocycles. The molecule has 2 heterocycles. The number of amides is 1. The van der Waals surface area contributed by atoms with E-state index in [1.807, 2.05) is 31.2 Å². The summed E-state index contributed by atoms with van der Waals surface area (Å²) in [6.45, 7) is 1.88. The van der Waals surface area contributed by atoms with Gasteiger partial charge in [0, 0.05) is 10.8 Å². The summed E-state index contributed by atoms with van der Waals surface area (Å²) >= 11 is 1.31. The van der Waals surface area contributed by atoms with Crippen LogP contribution >= 0.6 is 11.3 Å². The van der Waals surface area contributed by atoms with Crippen LogP contribution < -0.4 is 5.32 Å². The second-order valence-corrected chi connectivity index (χ2v) is 5.98. The Kier molecular flexibility index (Phi) is 3.77. The molecule has 0 saturated carbocycles. The largest absolute Gasteiger partial charge is 0.468 e. The summed E-state index contributed by atoms with van der Waals surface area (Å²) in [6.07, 6.45) is 0. The molecule has 0 spiro atoms. The van der Waals surface area contributed by atoms with Crippen molar-refractivity contribution in [3.05, 3.63) is 40.8 Å². The van der Waals surface area contributed by atoms with Crippen molar-refractivity contribution >= 4 is 44.3 Å². The third-order valence-corrected chi connectivity index (χ3v) is 4.35. The predicted molar refractivity (Wildman–Crippen MR) is 86.2 cm³/mol. The Hall–Kier alpha value is -2.47. The number of fused-ring (bicyclic) bond motifs is 2. The minimum Gasteiger partial charge on any atom is -0.468 e. The maximum atomic E-state index is 12.0. The molecule has 0 aliphatic heterocycles. The predicted octanol–water partition coefficient (Wildman–Crippen LogP) is 2.66. The molecule has 3 rings (SSSR count). The SMILES string of the molecule is COC(=O)CNC(=O)c1cc2cc3ccc(C)cc3nc2s1. The number of ether oxygens (including phenoxy) is 1. The van der Waals surface area contributed by atoms with E-state index in [-0.39, 0.29) is 12.5 Å². The van der Waals surface area contributed by atoms with Crippen LogP contribution in [0.5, 0.6) is 0 Å². The Morgan fingerprint density at radius 1 is 1.23 bits per heavy atom. The summed E-state index contributed by atoms with van der Waals surface area (Å²) in [7, 11) is 1.28. The maximum absolute atomic E-state index is 12.0. The number of pyridine rings is 1. The highest BCUT2D eigenvalue weighted by Gasteiger charge is 2.13. The van der Waals surface area contributed by atoms with Crippen molar-refractivity contribution in [2.24, 2.45) is 0 Å². The second-order valence-electron chi connectivity index (χ2n) is 4.95. The van der Waals surface area contributed by atoms with Crippen LogP contribution in [0.2, 0.25) is 0 Å². The Labute approximate surface area is 130 Å². The lowest BCUT2D eigenvalue weighted by atomic mass is 10.1. The fraction of sp³-hybridized carbons (Fsp3) is 0.188. The molecule has 0 fully saturated rings. The smallest absolute Gasteiger partial charge is 0.325 e. The first-order valence-corrected chi connectivity index (χ1v) is 7.54. The van der Waals surface area contributed by atoms with Gasteiger partial charge in [-0.15, -0.1) is 11.3 Å². The first kappa shape index (κ1) is 14.5. The van der Waals surface area contributed by atoms with Crippen LogP contribution in [-0.4, -0.2) is 30.5 Å². The number of nitrogens with zero attached hydrogens (tertiary/aromatic N) is 1. The van der Waals surface area contributed by atoms with E-state index in [2.05, 4.69) is 15.0 Å². The second kappa shape index (κ2) is 5.73. The Morgan fingerprint density at radius 3 is 2.82 bits per heavy atom. The minimum absolute atomic E-state index is 0.141. The number of carbonyl (C=O) groups excluding carboxylic acids is 2. The van der Waals surface area contributed by atoms with Crippen LogP contribution in [0.15, 0.2) is 30.3 Å². The highest BCUT2D eigenvalue weighted by Crippen LogP contribution is 2.27. The molecule has 112 valence electrons. The summed E-state index contributed by atoms with van der Waals surface area (Å²) in [5, 5.41) is 4.49. The highest BCUT2D eigenvalue weighted by molar-refractivity contribution is 7.20. The van der Waals surface area contributed by atoms with E-state index in [9.17, 15) is 9.59 Å². The highest BCUT2D eigenvalue weighted by atomic mass is 32.1. The topological polar surface area (TPSA) is 68.3 Å². The number of hydrogen-bond donors (Lipinski definition) is 1.